The van der Waals surface area contributed by atoms with Crippen molar-refractivity contribution in [2.24, 2.45) is 5.92 Å². The highest BCUT2D eigenvalue weighted by molar-refractivity contribution is 5.82. The third-order valence-corrected chi connectivity index (χ3v) is 5.00. The summed E-state index contributed by atoms with van der Waals surface area (Å²) in [5, 5.41) is 1.41. The Morgan fingerprint density at radius 2 is 1.87 bits per heavy atom. The number of pyridine rings is 1. The van der Waals surface area contributed by atoms with Crippen LogP contribution < -0.4 is 4.57 Å². The molecule has 116 valence electrons. The number of nitrogens with zero attached hydrogens (tertiary/aromatic N) is 1. The van der Waals surface area contributed by atoms with Gasteiger partial charge in [0.25, 0.3) is 0 Å². The molecular formula is C22H24N+. The third kappa shape index (κ3) is 2.26. The zero-order chi connectivity index (χ0) is 16.1. The summed E-state index contributed by atoms with van der Waals surface area (Å²) in [5.74, 6) is 0.681. The van der Waals surface area contributed by atoms with Gasteiger partial charge in [-0.05, 0) is 55.0 Å². The molecule has 2 aromatic carbocycles. The maximum absolute atomic E-state index is 2.50. The van der Waals surface area contributed by atoms with Crippen LogP contribution in [0.25, 0.3) is 22.2 Å². The minimum Gasteiger partial charge on any atom is -0.187 e. The molecule has 0 saturated heterocycles. The van der Waals surface area contributed by atoms with E-state index in [1.165, 1.54) is 44.4 Å². The molecule has 1 nitrogen and oxygen atoms in total. The maximum Gasteiger partial charge on any atom is 0.213 e. The zero-order valence-corrected chi connectivity index (χ0v) is 14.5. The number of fused-ring (bicyclic) bond motifs is 5. The fourth-order valence-electron chi connectivity index (χ4n) is 4.03. The summed E-state index contributed by atoms with van der Waals surface area (Å²) in [4.78, 5) is 0. The molecule has 0 amide bonds. The Balaban J connectivity index is 1.95. The quantitative estimate of drug-likeness (QED) is 0.460. The van der Waals surface area contributed by atoms with E-state index in [4.69, 9.17) is 0 Å². The van der Waals surface area contributed by atoms with Crippen molar-refractivity contribution in [3.63, 3.8) is 0 Å². The number of benzene rings is 2. The standard InChI is InChI=1S/C22H24N/c1-14(2)10-17-6-5-7-21-18(17)8-9-22-19-12-15(3)11-16(4)20(19)13-23(21)22/h5-9,11-12,14H,10,13H2,1-4H3/q+1. The number of aromatic nitrogens is 1. The van der Waals surface area contributed by atoms with Crippen molar-refractivity contribution < 1.29 is 4.57 Å². The van der Waals surface area contributed by atoms with Gasteiger partial charge in [0.15, 0.2) is 6.54 Å². The summed E-state index contributed by atoms with van der Waals surface area (Å²) in [6.07, 6.45) is 1.14. The molecule has 0 atom stereocenters. The van der Waals surface area contributed by atoms with Crippen molar-refractivity contribution in [1.82, 2.24) is 0 Å². The topological polar surface area (TPSA) is 3.88 Å². The summed E-state index contributed by atoms with van der Waals surface area (Å²) >= 11 is 0. The molecule has 3 aromatic rings. The highest BCUT2D eigenvalue weighted by Crippen LogP contribution is 2.33. The molecule has 0 radical (unpaired) electrons. The smallest absolute Gasteiger partial charge is 0.187 e. The van der Waals surface area contributed by atoms with Gasteiger partial charge in [-0.3, -0.25) is 0 Å². The summed E-state index contributed by atoms with van der Waals surface area (Å²) in [6.45, 7) is 10.0. The summed E-state index contributed by atoms with van der Waals surface area (Å²) < 4.78 is 2.50. The average Bonchev–Trinajstić information content (AvgIpc) is 2.86. The number of hydrogen-bond acceptors (Lipinski definition) is 0. The molecule has 0 spiro atoms. The monoisotopic (exact) mass is 302 g/mol. The fraction of sp³-hybridized carbons (Fsp3) is 0.318. The predicted octanol–water partition coefficient (Wildman–Crippen LogP) is 4.97. The lowest BCUT2D eigenvalue weighted by atomic mass is 9.97. The van der Waals surface area contributed by atoms with Gasteiger partial charge >= 0.3 is 0 Å². The predicted molar refractivity (Wildman–Crippen MR) is 96.7 cm³/mol. The second kappa shape index (κ2) is 5.19. The first-order valence-corrected chi connectivity index (χ1v) is 8.59. The first-order valence-electron chi connectivity index (χ1n) is 8.59. The van der Waals surface area contributed by atoms with Crippen molar-refractivity contribution in [3.8, 4) is 11.3 Å². The molecule has 0 unspecified atom stereocenters. The molecule has 0 fully saturated rings. The minimum atomic E-state index is 0.681. The van der Waals surface area contributed by atoms with Gasteiger partial charge in [-0.1, -0.05) is 32.0 Å². The molecule has 23 heavy (non-hydrogen) atoms. The van der Waals surface area contributed by atoms with Crippen LogP contribution in [0.5, 0.6) is 0 Å². The van der Waals surface area contributed by atoms with E-state index in [1.54, 1.807) is 0 Å². The lowest BCUT2D eigenvalue weighted by molar-refractivity contribution is -0.645. The summed E-state index contributed by atoms with van der Waals surface area (Å²) in [5.41, 5.74) is 9.86. The number of hydrogen-bond donors (Lipinski definition) is 0. The number of rotatable bonds is 2. The van der Waals surface area contributed by atoms with Crippen molar-refractivity contribution in [2.45, 2.75) is 40.7 Å². The zero-order valence-electron chi connectivity index (χ0n) is 14.5. The van der Waals surface area contributed by atoms with Crippen molar-refractivity contribution in [3.05, 3.63) is 64.7 Å². The second-order valence-electron chi connectivity index (χ2n) is 7.36. The molecule has 1 aliphatic heterocycles. The average molecular weight is 302 g/mol. The molecule has 1 aromatic heterocycles. The minimum absolute atomic E-state index is 0.681. The summed E-state index contributed by atoms with van der Waals surface area (Å²) in [7, 11) is 0. The second-order valence-corrected chi connectivity index (χ2v) is 7.36. The van der Waals surface area contributed by atoms with E-state index in [9.17, 15) is 0 Å². The van der Waals surface area contributed by atoms with E-state index in [-0.39, 0.29) is 0 Å². The van der Waals surface area contributed by atoms with Crippen LogP contribution in [0.4, 0.5) is 0 Å². The van der Waals surface area contributed by atoms with Crippen LogP contribution in [0.1, 0.15) is 36.1 Å². The van der Waals surface area contributed by atoms with E-state index in [1.807, 2.05) is 0 Å². The van der Waals surface area contributed by atoms with Crippen LogP contribution in [-0.2, 0) is 13.0 Å². The van der Waals surface area contributed by atoms with Gasteiger partial charge in [0, 0.05) is 23.1 Å². The molecule has 1 aliphatic rings. The van der Waals surface area contributed by atoms with Gasteiger partial charge in [-0.2, -0.15) is 4.57 Å². The first-order chi connectivity index (χ1) is 11.0. The van der Waals surface area contributed by atoms with Crippen molar-refractivity contribution in [2.75, 3.05) is 0 Å². The highest BCUT2D eigenvalue weighted by Gasteiger charge is 2.29. The Kier molecular flexibility index (Phi) is 3.26. The van der Waals surface area contributed by atoms with E-state index in [0.717, 1.165) is 13.0 Å². The van der Waals surface area contributed by atoms with Crippen LogP contribution in [0.3, 0.4) is 0 Å². The van der Waals surface area contributed by atoms with Gasteiger partial charge in [0.2, 0.25) is 11.2 Å². The van der Waals surface area contributed by atoms with Gasteiger partial charge in [0.1, 0.15) is 0 Å². The van der Waals surface area contributed by atoms with E-state index in [2.05, 4.69) is 74.7 Å². The molecule has 0 N–H and O–H groups in total. The van der Waals surface area contributed by atoms with Gasteiger partial charge in [-0.25, -0.2) is 0 Å². The number of aryl methyl sites for hydroxylation is 2. The van der Waals surface area contributed by atoms with Crippen LogP contribution in [-0.4, -0.2) is 0 Å². The Morgan fingerprint density at radius 3 is 2.65 bits per heavy atom. The van der Waals surface area contributed by atoms with Crippen LogP contribution in [0.2, 0.25) is 0 Å². The van der Waals surface area contributed by atoms with Gasteiger partial charge in [0.05, 0.1) is 5.56 Å². The van der Waals surface area contributed by atoms with Crippen LogP contribution >= 0.6 is 0 Å². The molecular weight excluding hydrogens is 278 g/mol. The Hall–Kier alpha value is -2.15. The van der Waals surface area contributed by atoms with Gasteiger partial charge < -0.3 is 0 Å². The molecule has 0 saturated carbocycles. The normalized spacial score (nSPS) is 12.7. The van der Waals surface area contributed by atoms with Crippen molar-refractivity contribution >= 4 is 10.9 Å². The van der Waals surface area contributed by atoms with E-state index >= 15 is 0 Å². The molecule has 2 heterocycles. The Morgan fingerprint density at radius 1 is 1.04 bits per heavy atom. The fourth-order valence-corrected chi connectivity index (χ4v) is 4.03. The van der Waals surface area contributed by atoms with Crippen LogP contribution in [0, 0.1) is 19.8 Å². The molecule has 0 bridgehead atoms. The molecule has 4 rings (SSSR count). The Bertz CT molecular complexity index is 919. The van der Waals surface area contributed by atoms with Crippen molar-refractivity contribution in [1.29, 1.82) is 0 Å². The Labute approximate surface area is 138 Å². The first kappa shape index (κ1) is 14.4. The highest BCUT2D eigenvalue weighted by atomic mass is 15.0. The van der Waals surface area contributed by atoms with E-state index < -0.39 is 0 Å². The SMILES string of the molecule is Cc1cc(C)c2c(c1)-c1ccc3c(CC(C)C)cccc3[n+]1C2. The van der Waals surface area contributed by atoms with E-state index in [0.29, 0.717) is 5.92 Å². The lowest BCUT2D eigenvalue weighted by Gasteiger charge is -2.08. The third-order valence-electron chi connectivity index (χ3n) is 5.00. The molecule has 1 heteroatoms. The molecule has 0 aliphatic carbocycles. The van der Waals surface area contributed by atoms with Gasteiger partial charge in [-0.15, -0.1) is 0 Å². The lowest BCUT2D eigenvalue weighted by Crippen LogP contribution is -2.33. The largest absolute Gasteiger partial charge is 0.213 e. The van der Waals surface area contributed by atoms with Crippen LogP contribution in [0.15, 0.2) is 42.5 Å². The summed E-state index contributed by atoms with van der Waals surface area (Å²) in [6, 6.07) is 16.1. The maximum atomic E-state index is 2.50.